The van der Waals surface area contributed by atoms with E-state index in [4.69, 9.17) is 11.6 Å². The predicted octanol–water partition coefficient (Wildman–Crippen LogP) is 6.25. The molecule has 1 heterocycles. The highest BCUT2D eigenvalue weighted by Crippen LogP contribution is 2.35. The number of para-hydroxylation sites is 1. The molecule has 1 aliphatic heterocycles. The molecule has 0 spiro atoms. The first-order chi connectivity index (χ1) is 13.7. The van der Waals surface area contributed by atoms with Gasteiger partial charge in [0.15, 0.2) is 0 Å². The molecule has 0 unspecified atom stereocenters. The van der Waals surface area contributed by atoms with E-state index in [1.165, 1.54) is 6.42 Å². The summed E-state index contributed by atoms with van der Waals surface area (Å²) in [5.41, 5.74) is 4.56. The third kappa shape index (κ3) is 4.05. The van der Waals surface area contributed by atoms with Crippen molar-refractivity contribution in [2.75, 3.05) is 23.3 Å². The lowest BCUT2D eigenvalue weighted by atomic mass is 10.0. The van der Waals surface area contributed by atoms with Crippen molar-refractivity contribution in [2.24, 2.45) is 0 Å². The second-order valence-corrected chi connectivity index (χ2v) is 7.49. The molecule has 0 aromatic heterocycles. The van der Waals surface area contributed by atoms with Gasteiger partial charge in [-0.2, -0.15) is 0 Å². The molecule has 1 fully saturated rings. The van der Waals surface area contributed by atoms with Gasteiger partial charge in [-0.25, -0.2) is 0 Å². The zero-order chi connectivity index (χ0) is 19.3. The van der Waals surface area contributed by atoms with Crippen LogP contribution in [0.2, 0.25) is 5.02 Å². The van der Waals surface area contributed by atoms with E-state index in [0.29, 0.717) is 10.6 Å². The highest BCUT2D eigenvalue weighted by Gasteiger charge is 2.19. The van der Waals surface area contributed by atoms with Crippen LogP contribution in [-0.4, -0.2) is 19.0 Å². The number of hydrogen-bond donors (Lipinski definition) is 1. The Morgan fingerprint density at radius 3 is 2.18 bits per heavy atom. The molecule has 0 bridgehead atoms. The third-order valence-corrected chi connectivity index (χ3v) is 5.47. The molecule has 3 aromatic rings. The number of benzene rings is 3. The Morgan fingerprint density at radius 2 is 1.46 bits per heavy atom. The molecule has 0 saturated carbocycles. The highest BCUT2D eigenvalue weighted by molar-refractivity contribution is 6.34. The molecule has 3 nitrogen and oxygen atoms in total. The van der Waals surface area contributed by atoms with E-state index in [9.17, 15) is 4.79 Å². The van der Waals surface area contributed by atoms with Crippen LogP contribution in [0.3, 0.4) is 0 Å². The number of carbonyl (C=O) groups is 1. The van der Waals surface area contributed by atoms with Crippen molar-refractivity contribution in [3.05, 3.63) is 83.4 Å². The Bertz CT molecular complexity index is 948. The lowest BCUT2D eigenvalue weighted by Crippen LogP contribution is -2.30. The summed E-state index contributed by atoms with van der Waals surface area (Å²) in [5, 5.41) is 3.74. The van der Waals surface area contributed by atoms with E-state index in [1.54, 1.807) is 0 Å². The van der Waals surface area contributed by atoms with Gasteiger partial charge in [-0.15, -0.1) is 0 Å². The number of amides is 1. The maximum absolute atomic E-state index is 12.8. The van der Waals surface area contributed by atoms with Crippen molar-refractivity contribution in [1.29, 1.82) is 0 Å². The minimum Gasteiger partial charge on any atom is -0.369 e. The van der Waals surface area contributed by atoms with Crippen LogP contribution in [0, 0.1) is 0 Å². The zero-order valence-electron chi connectivity index (χ0n) is 15.7. The summed E-state index contributed by atoms with van der Waals surface area (Å²) >= 11 is 6.49. The van der Waals surface area contributed by atoms with Gasteiger partial charge >= 0.3 is 0 Å². The molecule has 4 heteroatoms. The fraction of sp³-hybridized carbons (Fsp3) is 0.208. The summed E-state index contributed by atoms with van der Waals surface area (Å²) in [6, 6.07) is 23.5. The summed E-state index contributed by atoms with van der Waals surface area (Å²) in [6.45, 7) is 1.94. The van der Waals surface area contributed by atoms with Gasteiger partial charge in [0.05, 0.1) is 16.4 Å². The Hall–Kier alpha value is -2.78. The van der Waals surface area contributed by atoms with Gasteiger partial charge in [-0.3, -0.25) is 4.79 Å². The Balaban J connectivity index is 1.55. The summed E-state index contributed by atoms with van der Waals surface area (Å²) in [5.74, 6) is -0.125. The summed E-state index contributed by atoms with van der Waals surface area (Å²) in [4.78, 5) is 15.1. The fourth-order valence-electron chi connectivity index (χ4n) is 3.69. The molecule has 0 radical (unpaired) electrons. The predicted molar refractivity (Wildman–Crippen MR) is 117 cm³/mol. The van der Waals surface area contributed by atoms with Crippen LogP contribution in [0.1, 0.15) is 29.6 Å². The Labute approximate surface area is 171 Å². The van der Waals surface area contributed by atoms with Gasteiger partial charge in [-0.1, -0.05) is 60.1 Å². The summed E-state index contributed by atoms with van der Waals surface area (Å²) in [6.07, 6.45) is 3.55. The maximum atomic E-state index is 12.8. The SMILES string of the molecule is O=C(Nc1cccc(Cl)c1N1CCCCC1)c1ccc(-c2ccccc2)cc1. The van der Waals surface area contributed by atoms with Crippen LogP contribution in [0.15, 0.2) is 72.8 Å². The Kier molecular flexibility index (Phi) is 5.63. The van der Waals surface area contributed by atoms with E-state index in [0.717, 1.165) is 48.4 Å². The molecule has 142 valence electrons. The van der Waals surface area contributed by atoms with Crippen LogP contribution < -0.4 is 10.2 Å². The largest absolute Gasteiger partial charge is 0.369 e. The first-order valence-electron chi connectivity index (χ1n) is 9.73. The molecule has 0 atom stereocenters. The highest BCUT2D eigenvalue weighted by atomic mass is 35.5. The zero-order valence-corrected chi connectivity index (χ0v) is 16.5. The molecular weight excluding hydrogens is 368 g/mol. The van der Waals surface area contributed by atoms with Crippen molar-refractivity contribution in [3.63, 3.8) is 0 Å². The Morgan fingerprint density at radius 1 is 0.786 bits per heavy atom. The average molecular weight is 391 g/mol. The first kappa shape index (κ1) is 18.6. The molecular formula is C24H23ClN2O. The third-order valence-electron chi connectivity index (χ3n) is 5.16. The minimum atomic E-state index is -0.125. The van der Waals surface area contributed by atoms with E-state index in [1.807, 2.05) is 60.7 Å². The van der Waals surface area contributed by atoms with Crippen LogP contribution in [-0.2, 0) is 0 Å². The number of rotatable bonds is 4. The van der Waals surface area contributed by atoms with Crippen molar-refractivity contribution in [2.45, 2.75) is 19.3 Å². The topological polar surface area (TPSA) is 32.3 Å². The molecule has 3 aromatic carbocycles. The molecule has 1 aliphatic rings. The van der Waals surface area contributed by atoms with E-state index >= 15 is 0 Å². The minimum absolute atomic E-state index is 0.125. The summed E-state index contributed by atoms with van der Waals surface area (Å²) < 4.78 is 0. The monoisotopic (exact) mass is 390 g/mol. The van der Waals surface area contributed by atoms with Crippen molar-refractivity contribution >= 4 is 28.9 Å². The van der Waals surface area contributed by atoms with Gasteiger partial charge in [0.25, 0.3) is 5.91 Å². The van der Waals surface area contributed by atoms with Crippen LogP contribution in [0.25, 0.3) is 11.1 Å². The molecule has 1 saturated heterocycles. The number of nitrogens with zero attached hydrogens (tertiary/aromatic N) is 1. The van der Waals surface area contributed by atoms with E-state index in [2.05, 4.69) is 22.3 Å². The molecule has 28 heavy (non-hydrogen) atoms. The molecule has 0 aliphatic carbocycles. The maximum Gasteiger partial charge on any atom is 0.255 e. The average Bonchev–Trinajstić information content (AvgIpc) is 2.75. The molecule has 4 rings (SSSR count). The number of carbonyl (C=O) groups excluding carboxylic acids is 1. The fourth-order valence-corrected chi connectivity index (χ4v) is 3.99. The van der Waals surface area contributed by atoms with Gasteiger partial charge in [0.2, 0.25) is 0 Å². The van der Waals surface area contributed by atoms with Crippen molar-refractivity contribution in [3.8, 4) is 11.1 Å². The normalized spacial score (nSPS) is 14.0. The quantitative estimate of drug-likeness (QED) is 0.571. The second-order valence-electron chi connectivity index (χ2n) is 7.08. The number of hydrogen-bond acceptors (Lipinski definition) is 2. The smallest absolute Gasteiger partial charge is 0.255 e. The van der Waals surface area contributed by atoms with Crippen LogP contribution in [0.5, 0.6) is 0 Å². The standard InChI is InChI=1S/C24H23ClN2O/c25-21-10-7-11-22(23(21)27-16-5-2-6-17-27)26-24(28)20-14-12-19(13-15-20)18-8-3-1-4-9-18/h1,3-4,7-15H,2,5-6,16-17H2,(H,26,28). The van der Waals surface area contributed by atoms with Crippen molar-refractivity contribution in [1.82, 2.24) is 0 Å². The number of anilines is 2. The second kappa shape index (κ2) is 8.49. The first-order valence-corrected chi connectivity index (χ1v) is 10.1. The molecule has 1 amide bonds. The van der Waals surface area contributed by atoms with Gasteiger partial charge in [0.1, 0.15) is 0 Å². The lowest BCUT2D eigenvalue weighted by Gasteiger charge is -2.31. The van der Waals surface area contributed by atoms with Gasteiger partial charge in [-0.05, 0) is 54.7 Å². The van der Waals surface area contributed by atoms with Gasteiger partial charge < -0.3 is 10.2 Å². The van der Waals surface area contributed by atoms with Crippen LogP contribution in [0.4, 0.5) is 11.4 Å². The number of piperidine rings is 1. The van der Waals surface area contributed by atoms with Gasteiger partial charge in [0, 0.05) is 18.7 Å². The molecule has 1 N–H and O–H groups in total. The summed E-state index contributed by atoms with van der Waals surface area (Å²) in [7, 11) is 0. The number of halogens is 1. The number of nitrogens with one attached hydrogen (secondary N) is 1. The van der Waals surface area contributed by atoms with Crippen LogP contribution >= 0.6 is 11.6 Å². The van der Waals surface area contributed by atoms with E-state index in [-0.39, 0.29) is 5.91 Å². The van der Waals surface area contributed by atoms with E-state index < -0.39 is 0 Å². The lowest BCUT2D eigenvalue weighted by molar-refractivity contribution is 0.102. The van der Waals surface area contributed by atoms with Crippen molar-refractivity contribution < 1.29 is 4.79 Å².